The van der Waals surface area contributed by atoms with E-state index in [2.05, 4.69) is 5.32 Å². The van der Waals surface area contributed by atoms with Gasteiger partial charge in [0.2, 0.25) is 5.91 Å². The lowest BCUT2D eigenvalue weighted by molar-refractivity contribution is -0.117. The number of halogens is 1. The molecule has 130 valence electrons. The lowest BCUT2D eigenvalue weighted by Gasteiger charge is -2.39. The first-order chi connectivity index (χ1) is 11.9. The average molecular weight is 358 g/mol. The highest BCUT2D eigenvalue weighted by Crippen LogP contribution is 2.40. The van der Waals surface area contributed by atoms with Crippen molar-refractivity contribution in [3.63, 3.8) is 0 Å². The van der Waals surface area contributed by atoms with Crippen LogP contribution in [-0.4, -0.2) is 17.9 Å². The lowest BCUT2D eigenvalue weighted by atomic mass is 9.91. The van der Waals surface area contributed by atoms with Gasteiger partial charge in [-0.3, -0.25) is 9.59 Å². The van der Waals surface area contributed by atoms with Crippen molar-refractivity contribution in [1.29, 1.82) is 0 Å². The van der Waals surface area contributed by atoms with Gasteiger partial charge in [-0.15, -0.1) is 0 Å². The van der Waals surface area contributed by atoms with Crippen LogP contribution in [0.5, 0.6) is 0 Å². The van der Waals surface area contributed by atoms with Gasteiger partial charge in [0, 0.05) is 29.4 Å². The highest BCUT2D eigenvalue weighted by atomic mass is 35.5. The molecular weight excluding hydrogens is 338 g/mol. The van der Waals surface area contributed by atoms with Crippen LogP contribution in [0.25, 0.3) is 0 Å². The Morgan fingerprint density at radius 2 is 1.96 bits per heavy atom. The van der Waals surface area contributed by atoms with Crippen LogP contribution in [0.15, 0.2) is 42.5 Å². The van der Waals surface area contributed by atoms with E-state index in [1.165, 1.54) is 0 Å². The molecule has 25 heavy (non-hydrogen) atoms. The van der Waals surface area contributed by atoms with Crippen molar-refractivity contribution in [2.75, 3.05) is 10.2 Å². The molecule has 0 saturated carbocycles. The number of hydrogen-bond donors (Lipinski definition) is 2. The zero-order valence-electron chi connectivity index (χ0n) is 14.1. The first-order valence-electron chi connectivity index (χ1n) is 8.13. The number of nitrogens with two attached hydrogens (primary N) is 1. The summed E-state index contributed by atoms with van der Waals surface area (Å²) in [7, 11) is 0. The van der Waals surface area contributed by atoms with Gasteiger partial charge >= 0.3 is 0 Å². The third-order valence-electron chi connectivity index (χ3n) is 4.50. The number of primary amides is 1. The number of anilines is 2. The predicted octanol–water partition coefficient (Wildman–Crippen LogP) is 3.74. The molecule has 3 rings (SSSR count). The Labute approximate surface area is 151 Å². The van der Waals surface area contributed by atoms with Crippen molar-refractivity contribution in [2.45, 2.75) is 32.4 Å². The third kappa shape index (κ3) is 3.33. The maximum atomic E-state index is 12.1. The van der Waals surface area contributed by atoms with Crippen LogP contribution in [0.1, 0.15) is 42.2 Å². The van der Waals surface area contributed by atoms with Crippen molar-refractivity contribution < 1.29 is 9.59 Å². The molecule has 2 unspecified atom stereocenters. The van der Waals surface area contributed by atoms with Crippen molar-refractivity contribution >= 4 is 34.8 Å². The number of para-hydroxylation sites is 1. The SMILES string of the molecule is CC(=O)N1c2ccc(Cl)cc2C(Nc2ccccc2C(N)=O)CC1C. The molecular formula is C19H20ClN3O2. The molecule has 0 aliphatic carbocycles. The third-order valence-corrected chi connectivity index (χ3v) is 4.74. The molecule has 1 aliphatic rings. The summed E-state index contributed by atoms with van der Waals surface area (Å²) in [5.74, 6) is -0.490. The Bertz CT molecular complexity index is 837. The van der Waals surface area contributed by atoms with Gasteiger partial charge in [0.15, 0.2) is 0 Å². The highest BCUT2D eigenvalue weighted by molar-refractivity contribution is 6.30. The van der Waals surface area contributed by atoms with Crippen LogP contribution in [0.3, 0.4) is 0 Å². The molecule has 0 saturated heterocycles. The second-order valence-electron chi connectivity index (χ2n) is 6.28. The number of fused-ring (bicyclic) bond motifs is 1. The van der Waals surface area contributed by atoms with Crippen LogP contribution in [0.2, 0.25) is 5.02 Å². The molecule has 0 radical (unpaired) electrons. The van der Waals surface area contributed by atoms with Crippen LogP contribution in [-0.2, 0) is 4.79 Å². The van der Waals surface area contributed by atoms with E-state index in [4.69, 9.17) is 17.3 Å². The molecule has 2 aromatic rings. The van der Waals surface area contributed by atoms with E-state index in [0.717, 1.165) is 11.3 Å². The predicted molar refractivity (Wildman–Crippen MR) is 100 cm³/mol. The second kappa shape index (κ2) is 6.76. The summed E-state index contributed by atoms with van der Waals surface area (Å²) in [6.45, 7) is 3.57. The molecule has 2 amide bonds. The normalized spacial score (nSPS) is 19.2. The van der Waals surface area contributed by atoms with E-state index in [9.17, 15) is 9.59 Å². The Kier molecular flexibility index (Phi) is 4.68. The Balaban J connectivity index is 2.03. The minimum absolute atomic E-state index is 0.00735. The number of amides is 2. The molecule has 0 bridgehead atoms. The van der Waals surface area contributed by atoms with Gasteiger partial charge in [-0.25, -0.2) is 0 Å². The van der Waals surface area contributed by atoms with Crippen LogP contribution < -0.4 is 16.0 Å². The molecule has 0 aromatic heterocycles. The minimum atomic E-state index is -0.483. The van der Waals surface area contributed by atoms with E-state index < -0.39 is 5.91 Å². The minimum Gasteiger partial charge on any atom is -0.377 e. The molecule has 2 aromatic carbocycles. The zero-order valence-corrected chi connectivity index (χ0v) is 14.9. The summed E-state index contributed by atoms with van der Waals surface area (Å²) in [6, 6.07) is 12.6. The van der Waals surface area contributed by atoms with Crippen LogP contribution in [0, 0.1) is 0 Å². The van der Waals surface area contributed by atoms with E-state index in [-0.39, 0.29) is 18.0 Å². The van der Waals surface area contributed by atoms with Gasteiger partial charge in [0.05, 0.1) is 11.6 Å². The summed E-state index contributed by atoms with van der Waals surface area (Å²) in [6.07, 6.45) is 0.694. The highest BCUT2D eigenvalue weighted by Gasteiger charge is 2.32. The van der Waals surface area contributed by atoms with Crippen LogP contribution >= 0.6 is 11.6 Å². The van der Waals surface area contributed by atoms with E-state index in [0.29, 0.717) is 22.7 Å². The number of nitrogens with zero attached hydrogens (tertiary/aromatic N) is 1. The first kappa shape index (κ1) is 17.3. The quantitative estimate of drug-likeness (QED) is 0.878. The summed E-state index contributed by atoms with van der Waals surface area (Å²) >= 11 is 6.19. The van der Waals surface area contributed by atoms with Gasteiger partial charge in [0.25, 0.3) is 5.91 Å². The molecule has 1 aliphatic heterocycles. The van der Waals surface area contributed by atoms with Gasteiger partial charge < -0.3 is 16.0 Å². The van der Waals surface area contributed by atoms with Crippen molar-refractivity contribution in [2.24, 2.45) is 5.73 Å². The fraction of sp³-hybridized carbons (Fsp3) is 0.263. The molecule has 3 N–H and O–H groups in total. The van der Waals surface area contributed by atoms with Crippen molar-refractivity contribution in [1.82, 2.24) is 0 Å². The zero-order chi connectivity index (χ0) is 18.1. The number of rotatable bonds is 3. The molecule has 0 fully saturated rings. The van der Waals surface area contributed by atoms with Gasteiger partial charge in [-0.1, -0.05) is 23.7 Å². The second-order valence-corrected chi connectivity index (χ2v) is 6.72. The first-order valence-corrected chi connectivity index (χ1v) is 8.51. The monoisotopic (exact) mass is 357 g/mol. The molecule has 1 heterocycles. The van der Waals surface area contributed by atoms with Crippen molar-refractivity contribution in [3.05, 3.63) is 58.6 Å². The number of nitrogens with one attached hydrogen (secondary N) is 1. The Hall–Kier alpha value is -2.53. The summed E-state index contributed by atoms with van der Waals surface area (Å²) in [5.41, 5.74) is 8.36. The van der Waals surface area contributed by atoms with Crippen molar-refractivity contribution in [3.8, 4) is 0 Å². The molecule has 5 nitrogen and oxygen atoms in total. The lowest BCUT2D eigenvalue weighted by Crippen LogP contribution is -2.43. The average Bonchev–Trinajstić information content (AvgIpc) is 2.55. The van der Waals surface area contributed by atoms with E-state index in [1.807, 2.05) is 31.2 Å². The summed E-state index contributed by atoms with van der Waals surface area (Å²) < 4.78 is 0. The number of hydrogen-bond acceptors (Lipinski definition) is 3. The van der Waals surface area contributed by atoms with Gasteiger partial charge in [0.1, 0.15) is 0 Å². The Morgan fingerprint density at radius 1 is 1.24 bits per heavy atom. The molecule has 2 atom stereocenters. The topological polar surface area (TPSA) is 75.4 Å². The summed E-state index contributed by atoms with van der Waals surface area (Å²) in [4.78, 5) is 25.5. The van der Waals surface area contributed by atoms with E-state index >= 15 is 0 Å². The van der Waals surface area contributed by atoms with E-state index in [1.54, 1.807) is 30.0 Å². The van der Waals surface area contributed by atoms with Gasteiger partial charge in [-0.05, 0) is 49.2 Å². The Morgan fingerprint density at radius 3 is 2.64 bits per heavy atom. The fourth-order valence-electron chi connectivity index (χ4n) is 3.46. The maximum absolute atomic E-state index is 12.1. The maximum Gasteiger partial charge on any atom is 0.250 e. The number of carbonyl (C=O) groups excluding carboxylic acids is 2. The molecule has 0 spiro atoms. The van der Waals surface area contributed by atoms with Crippen LogP contribution in [0.4, 0.5) is 11.4 Å². The number of carbonyl (C=O) groups is 2. The molecule has 6 heteroatoms. The smallest absolute Gasteiger partial charge is 0.250 e. The number of benzene rings is 2. The largest absolute Gasteiger partial charge is 0.377 e. The summed E-state index contributed by atoms with van der Waals surface area (Å²) in [5, 5.41) is 4.01. The van der Waals surface area contributed by atoms with Gasteiger partial charge in [-0.2, -0.15) is 0 Å². The fourth-order valence-corrected chi connectivity index (χ4v) is 3.64. The standard InChI is InChI=1S/C19H20ClN3O2/c1-11-9-17(22-16-6-4-3-5-14(16)19(21)25)15-10-13(20)7-8-18(15)23(11)12(2)24/h3-8,10-11,17,22H,9H2,1-2H3,(H2,21,25).